The number of amides is 3. The molecule has 0 bridgehead atoms. The van der Waals surface area contributed by atoms with Gasteiger partial charge in [-0.25, -0.2) is 9.59 Å². The summed E-state index contributed by atoms with van der Waals surface area (Å²) in [5.41, 5.74) is 0.366. The average molecular weight is 760 g/mol. The zero-order valence-corrected chi connectivity index (χ0v) is 33.8. The highest BCUT2D eigenvalue weighted by Crippen LogP contribution is 2.33. The van der Waals surface area contributed by atoms with Gasteiger partial charge in [-0.15, -0.1) is 0 Å². The first-order valence-corrected chi connectivity index (χ1v) is 19.3. The molecule has 0 aliphatic carbocycles. The molecule has 0 aliphatic heterocycles. The van der Waals surface area contributed by atoms with Gasteiger partial charge in [-0.2, -0.15) is 0 Å². The van der Waals surface area contributed by atoms with Crippen LogP contribution < -0.4 is 10.6 Å². The average Bonchev–Trinajstić information content (AvgIpc) is 3.09. The highest BCUT2D eigenvalue weighted by atomic mass is 16.6. The van der Waals surface area contributed by atoms with Gasteiger partial charge in [-0.05, 0) is 83.7 Å². The Morgan fingerprint density at radius 3 is 1.89 bits per heavy atom. The zero-order valence-electron chi connectivity index (χ0n) is 33.8. The summed E-state index contributed by atoms with van der Waals surface area (Å²) in [6.45, 7) is 14.3. The molecule has 3 unspecified atom stereocenters. The van der Waals surface area contributed by atoms with Crippen LogP contribution >= 0.6 is 0 Å². The predicted octanol–water partition coefficient (Wildman–Crippen LogP) is 7.84. The number of unbranched alkanes of at least 4 members (excludes halogenated alkanes) is 5. The van der Waals surface area contributed by atoms with Crippen LogP contribution in [0, 0.1) is 6.92 Å². The molecular formula is C44H61N3O8. The lowest BCUT2D eigenvalue weighted by molar-refractivity contribution is -0.159. The van der Waals surface area contributed by atoms with Crippen molar-refractivity contribution in [1.82, 2.24) is 15.5 Å². The number of carbonyl (C=O) groups excluding carboxylic acids is 4. The molecule has 11 heteroatoms. The van der Waals surface area contributed by atoms with Crippen molar-refractivity contribution < 1.29 is 38.9 Å². The number of aryl methyl sites for hydroxylation is 1. The summed E-state index contributed by atoms with van der Waals surface area (Å²) >= 11 is 0. The number of phenols is 2. The topological polar surface area (TPSA) is 154 Å². The van der Waals surface area contributed by atoms with Crippen molar-refractivity contribution in [2.45, 2.75) is 136 Å². The van der Waals surface area contributed by atoms with E-state index in [0.717, 1.165) is 37.7 Å². The number of para-hydroxylation sites is 1. The van der Waals surface area contributed by atoms with Crippen molar-refractivity contribution in [3.05, 3.63) is 95.1 Å². The molecule has 55 heavy (non-hydrogen) atoms. The van der Waals surface area contributed by atoms with E-state index in [4.69, 9.17) is 9.47 Å². The number of nitrogens with one attached hydrogen (secondary N) is 2. The van der Waals surface area contributed by atoms with Gasteiger partial charge in [0.25, 0.3) is 0 Å². The number of hydrogen-bond acceptors (Lipinski definition) is 8. The fraction of sp³-hybridized carbons (Fsp3) is 0.500. The van der Waals surface area contributed by atoms with Crippen LogP contribution in [0.2, 0.25) is 0 Å². The van der Waals surface area contributed by atoms with Crippen molar-refractivity contribution in [1.29, 1.82) is 0 Å². The molecule has 300 valence electrons. The Bertz CT molecular complexity index is 1700. The van der Waals surface area contributed by atoms with E-state index in [0.29, 0.717) is 17.5 Å². The lowest BCUT2D eigenvalue weighted by Crippen LogP contribution is -2.55. The van der Waals surface area contributed by atoms with E-state index in [-0.39, 0.29) is 36.4 Å². The maximum Gasteiger partial charge on any atom is 0.408 e. The van der Waals surface area contributed by atoms with E-state index >= 15 is 4.79 Å². The monoisotopic (exact) mass is 759 g/mol. The number of hydrogen-bond donors (Lipinski definition) is 4. The van der Waals surface area contributed by atoms with E-state index in [2.05, 4.69) is 17.6 Å². The third-order valence-corrected chi connectivity index (χ3v) is 8.81. The number of nitrogens with zero attached hydrogens (tertiary/aromatic N) is 1. The number of aromatic hydroxyl groups is 2. The minimum Gasteiger partial charge on any atom is -0.508 e. The molecule has 3 amide bonds. The lowest BCUT2D eigenvalue weighted by atomic mass is 9.96. The second kappa shape index (κ2) is 20.6. The maximum atomic E-state index is 15.0. The molecule has 3 aromatic carbocycles. The van der Waals surface area contributed by atoms with Gasteiger partial charge in [0.15, 0.2) is 0 Å². The predicted molar refractivity (Wildman–Crippen MR) is 214 cm³/mol. The van der Waals surface area contributed by atoms with Crippen LogP contribution in [0.3, 0.4) is 0 Å². The van der Waals surface area contributed by atoms with E-state index < -0.39 is 53.2 Å². The third kappa shape index (κ3) is 14.9. The van der Waals surface area contributed by atoms with Crippen LogP contribution in [-0.2, 0) is 36.7 Å². The summed E-state index contributed by atoms with van der Waals surface area (Å²) < 4.78 is 11.3. The largest absolute Gasteiger partial charge is 0.508 e. The van der Waals surface area contributed by atoms with Crippen molar-refractivity contribution >= 4 is 23.9 Å². The van der Waals surface area contributed by atoms with E-state index in [1.807, 2.05) is 30.3 Å². The van der Waals surface area contributed by atoms with E-state index in [1.165, 1.54) is 17.0 Å². The molecule has 0 fully saturated rings. The quantitative estimate of drug-likeness (QED) is 0.0756. The Balaban J connectivity index is 2.17. The Morgan fingerprint density at radius 2 is 1.27 bits per heavy atom. The molecule has 4 N–H and O–H groups in total. The van der Waals surface area contributed by atoms with Gasteiger partial charge in [-0.1, -0.05) is 99.7 Å². The molecule has 0 spiro atoms. The SMILES string of the molecule is CCCCCCCCN(C(=O)C(Cc1ccc(O)cc1)NC(=O)OC(C)(C)C)C(C(=O)NC(Cc1ccccc1)C(=O)OC(C)(C)C)c1cccc(C)c1O. The van der Waals surface area contributed by atoms with Crippen molar-refractivity contribution in [2.24, 2.45) is 0 Å². The fourth-order valence-electron chi connectivity index (χ4n) is 6.17. The number of ether oxygens (including phenoxy) is 2. The van der Waals surface area contributed by atoms with Gasteiger partial charge >= 0.3 is 12.1 Å². The molecule has 3 atom stereocenters. The number of esters is 1. The van der Waals surface area contributed by atoms with Gasteiger partial charge < -0.3 is 35.2 Å². The summed E-state index contributed by atoms with van der Waals surface area (Å²) in [6.07, 6.45) is 4.69. The Morgan fingerprint density at radius 1 is 0.691 bits per heavy atom. The zero-order chi connectivity index (χ0) is 40.8. The van der Waals surface area contributed by atoms with Crippen molar-refractivity contribution in [2.75, 3.05) is 6.54 Å². The number of phenolic OH excluding ortho intramolecular Hbond substituents is 2. The van der Waals surface area contributed by atoms with Gasteiger partial charge in [0.05, 0.1) is 0 Å². The second-order valence-corrected chi connectivity index (χ2v) is 16.1. The molecule has 0 aromatic heterocycles. The number of benzene rings is 3. The third-order valence-electron chi connectivity index (χ3n) is 8.81. The van der Waals surface area contributed by atoms with E-state index in [1.54, 1.807) is 78.8 Å². The Labute approximate surface area is 326 Å². The lowest BCUT2D eigenvalue weighted by Gasteiger charge is -2.36. The molecule has 3 aromatic rings. The molecule has 0 aliphatic rings. The van der Waals surface area contributed by atoms with Crippen LogP contribution in [0.4, 0.5) is 4.79 Å². The maximum absolute atomic E-state index is 15.0. The molecule has 11 nitrogen and oxygen atoms in total. The highest BCUT2D eigenvalue weighted by Gasteiger charge is 2.39. The molecular weight excluding hydrogens is 698 g/mol. The van der Waals surface area contributed by atoms with Gasteiger partial charge in [0.1, 0.15) is 40.8 Å². The first-order valence-electron chi connectivity index (χ1n) is 19.3. The van der Waals surface area contributed by atoms with Crippen LogP contribution in [-0.4, -0.2) is 68.8 Å². The highest BCUT2D eigenvalue weighted by molar-refractivity contribution is 5.94. The van der Waals surface area contributed by atoms with Gasteiger partial charge in [-0.3, -0.25) is 9.59 Å². The summed E-state index contributed by atoms with van der Waals surface area (Å²) in [5, 5.41) is 27.1. The minimum absolute atomic E-state index is 0.00797. The summed E-state index contributed by atoms with van der Waals surface area (Å²) in [5.74, 6) is -2.07. The molecule has 0 saturated carbocycles. The normalized spacial score (nSPS) is 13.2. The van der Waals surface area contributed by atoms with Crippen LogP contribution in [0.25, 0.3) is 0 Å². The summed E-state index contributed by atoms with van der Waals surface area (Å²) in [4.78, 5) is 58.3. The Hall–Kier alpha value is -5.06. The number of carbonyl (C=O) groups is 4. The van der Waals surface area contributed by atoms with Crippen molar-refractivity contribution in [3.8, 4) is 11.5 Å². The van der Waals surface area contributed by atoms with Gasteiger partial charge in [0.2, 0.25) is 11.8 Å². The van der Waals surface area contributed by atoms with Gasteiger partial charge in [0, 0.05) is 24.9 Å². The number of alkyl carbamates (subject to hydrolysis) is 1. The van der Waals surface area contributed by atoms with Crippen LogP contribution in [0.1, 0.15) is 115 Å². The van der Waals surface area contributed by atoms with E-state index in [9.17, 15) is 24.6 Å². The summed E-state index contributed by atoms with van der Waals surface area (Å²) in [6, 6.07) is 16.7. The molecule has 0 heterocycles. The summed E-state index contributed by atoms with van der Waals surface area (Å²) in [7, 11) is 0. The van der Waals surface area contributed by atoms with Crippen LogP contribution in [0.5, 0.6) is 11.5 Å². The minimum atomic E-state index is -1.41. The molecule has 0 radical (unpaired) electrons. The number of rotatable bonds is 18. The van der Waals surface area contributed by atoms with Crippen LogP contribution in [0.15, 0.2) is 72.8 Å². The standard InChI is InChI=1S/C44H61N3O8/c1-9-10-11-12-13-17-27-47(40(51)35(46-42(53)55-44(6,7)8)28-32-23-25-33(48)26-24-32)37(34-22-18-19-30(2)38(34)49)39(50)45-36(41(52)54-43(3,4)5)29-31-20-15-14-16-21-31/h14-16,18-26,35-37,48-49H,9-13,17,27-29H2,1-8H3,(H,45,50)(H,46,53). The molecule has 0 saturated heterocycles. The Kier molecular flexibility index (Phi) is 16.6. The second-order valence-electron chi connectivity index (χ2n) is 16.1. The smallest absolute Gasteiger partial charge is 0.408 e. The van der Waals surface area contributed by atoms with Crippen molar-refractivity contribution in [3.63, 3.8) is 0 Å². The first-order chi connectivity index (χ1) is 25.9. The fourth-order valence-corrected chi connectivity index (χ4v) is 6.17. The molecule has 3 rings (SSSR count). The first kappa shape index (κ1) is 44.3.